The van der Waals surface area contributed by atoms with Gasteiger partial charge >= 0.3 is 6.03 Å². The minimum Gasteiger partial charge on any atom is -0.372 e. The van der Waals surface area contributed by atoms with Crippen molar-refractivity contribution in [2.24, 2.45) is 0 Å². The van der Waals surface area contributed by atoms with E-state index in [1.54, 1.807) is 0 Å². The zero-order valence-corrected chi connectivity index (χ0v) is 16.3. The van der Waals surface area contributed by atoms with Gasteiger partial charge in [0.25, 0.3) is 0 Å². The van der Waals surface area contributed by atoms with Crippen LogP contribution in [0.3, 0.4) is 0 Å². The molecule has 27 heavy (non-hydrogen) atoms. The van der Waals surface area contributed by atoms with Crippen LogP contribution in [0.2, 0.25) is 0 Å². The summed E-state index contributed by atoms with van der Waals surface area (Å²) in [5.41, 5.74) is 5.45. The summed E-state index contributed by atoms with van der Waals surface area (Å²) in [5.74, 6) is 0. The average molecular weight is 366 g/mol. The SMILES string of the molecule is CCN1CCCc2cc(CCNC(=O)NCCCc3ccccc3)ccc21. The van der Waals surface area contributed by atoms with E-state index in [1.165, 1.54) is 28.8 Å². The lowest BCUT2D eigenvalue weighted by molar-refractivity contribution is 0.241. The van der Waals surface area contributed by atoms with Crippen LogP contribution in [-0.4, -0.2) is 32.2 Å². The summed E-state index contributed by atoms with van der Waals surface area (Å²) in [6, 6.07) is 17.1. The van der Waals surface area contributed by atoms with Gasteiger partial charge in [-0.3, -0.25) is 0 Å². The highest BCUT2D eigenvalue weighted by molar-refractivity contribution is 5.73. The van der Waals surface area contributed by atoms with Crippen LogP contribution >= 0.6 is 0 Å². The first-order valence-electron chi connectivity index (χ1n) is 10.2. The number of amides is 2. The summed E-state index contributed by atoms with van der Waals surface area (Å²) in [5, 5.41) is 5.92. The predicted octanol–water partition coefficient (Wildman–Crippen LogP) is 3.93. The van der Waals surface area contributed by atoms with Crippen molar-refractivity contribution in [1.82, 2.24) is 10.6 Å². The Balaban J connectivity index is 1.35. The lowest BCUT2D eigenvalue weighted by Crippen LogP contribution is -2.37. The van der Waals surface area contributed by atoms with E-state index in [2.05, 4.69) is 64.9 Å². The molecule has 0 aliphatic carbocycles. The maximum atomic E-state index is 11.9. The van der Waals surface area contributed by atoms with Gasteiger partial charge in [-0.2, -0.15) is 0 Å². The molecule has 2 N–H and O–H groups in total. The monoisotopic (exact) mass is 365 g/mol. The second kappa shape index (κ2) is 10.0. The highest BCUT2D eigenvalue weighted by Gasteiger charge is 2.15. The second-order valence-corrected chi connectivity index (χ2v) is 7.17. The number of benzene rings is 2. The molecule has 0 saturated carbocycles. The van der Waals surface area contributed by atoms with E-state index >= 15 is 0 Å². The molecule has 144 valence electrons. The molecule has 1 heterocycles. The Morgan fingerprint density at radius 3 is 2.63 bits per heavy atom. The predicted molar refractivity (Wildman–Crippen MR) is 113 cm³/mol. The Morgan fingerprint density at radius 1 is 1.00 bits per heavy atom. The van der Waals surface area contributed by atoms with Gasteiger partial charge in [0.15, 0.2) is 0 Å². The number of anilines is 1. The Bertz CT molecular complexity index is 730. The molecule has 1 aliphatic rings. The number of aryl methyl sites for hydroxylation is 2. The van der Waals surface area contributed by atoms with Gasteiger partial charge < -0.3 is 15.5 Å². The number of fused-ring (bicyclic) bond motifs is 1. The highest BCUT2D eigenvalue weighted by Crippen LogP contribution is 2.27. The van der Waals surface area contributed by atoms with Crippen LogP contribution in [0, 0.1) is 0 Å². The number of carbonyl (C=O) groups is 1. The van der Waals surface area contributed by atoms with Crippen LogP contribution in [0.5, 0.6) is 0 Å². The summed E-state index contributed by atoms with van der Waals surface area (Å²) in [6.45, 7) is 5.81. The largest absolute Gasteiger partial charge is 0.372 e. The number of carbonyl (C=O) groups excluding carboxylic acids is 1. The van der Waals surface area contributed by atoms with Gasteiger partial charge in [0.2, 0.25) is 0 Å². The lowest BCUT2D eigenvalue weighted by Gasteiger charge is -2.30. The molecule has 0 saturated heterocycles. The van der Waals surface area contributed by atoms with E-state index in [1.807, 2.05) is 6.07 Å². The third kappa shape index (κ3) is 5.75. The number of nitrogens with zero attached hydrogens (tertiary/aromatic N) is 1. The summed E-state index contributed by atoms with van der Waals surface area (Å²) >= 11 is 0. The molecule has 2 aromatic carbocycles. The number of rotatable bonds is 8. The van der Waals surface area contributed by atoms with Gasteiger partial charge in [-0.15, -0.1) is 0 Å². The maximum Gasteiger partial charge on any atom is 0.314 e. The van der Waals surface area contributed by atoms with Crippen molar-refractivity contribution >= 4 is 11.7 Å². The van der Waals surface area contributed by atoms with Crippen LogP contribution < -0.4 is 15.5 Å². The van der Waals surface area contributed by atoms with Gasteiger partial charge in [-0.1, -0.05) is 42.5 Å². The maximum absolute atomic E-state index is 11.9. The van der Waals surface area contributed by atoms with Crippen LogP contribution in [0.25, 0.3) is 0 Å². The van der Waals surface area contributed by atoms with Gasteiger partial charge in [-0.25, -0.2) is 4.79 Å². The second-order valence-electron chi connectivity index (χ2n) is 7.17. The molecular formula is C23H31N3O. The first-order chi connectivity index (χ1) is 13.3. The van der Waals surface area contributed by atoms with Crippen molar-refractivity contribution < 1.29 is 4.79 Å². The van der Waals surface area contributed by atoms with E-state index in [0.717, 1.165) is 38.8 Å². The number of hydrogen-bond donors (Lipinski definition) is 2. The third-order valence-corrected chi connectivity index (χ3v) is 5.21. The van der Waals surface area contributed by atoms with Crippen molar-refractivity contribution in [2.45, 2.75) is 39.0 Å². The molecular weight excluding hydrogens is 334 g/mol. The summed E-state index contributed by atoms with van der Waals surface area (Å²) < 4.78 is 0. The molecule has 0 fully saturated rings. The Hall–Kier alpha value is -2.49. The van der Waals surface area contributed by atoms with Crippen LogP contribution in [0.1, 0.15) is 36.5 Å². The number of hydrogen-bond acceptors (Lipinski definition) is 2. The minimum atomic E-state index is -0.0711. The fourth-order valence-corrected chi connectivity index (χ4v) is 3.73. The third-order valence-electron chi connectivity index (χ3n) is 5.21. The molecule has 3 rings (SSSR count). The van der Waals surface area contributed by atoms with E-state index in [9.17, 15) is 4.79 Å². The van der Waals surface area contributed by atoms with Crippen molar-refractivity contribution in [3.8, 4) is 0 Å². The summed E-state index contributed by atoms with van der Waals surface area (Å²) in [4.78, 5) is 14.4. The van der Waals surface area contributed by atoms with Crippen molar-refractivity contribution in [1.29, 1.82) is 0 Å². The first kappa shape index (κ1) is 19.3. The fraction of sp³-hybridized carbons (Fsp3) is 0.435. The van der Waals surface area contributed by atoms with E-state index < -0.39 is 0 Å². The molecule has 0 aromatic heterocycles. The number of urea groups is 1. The quantitative estimate of drug-likeness (QED) is 0.696. The zero-order chi connectivity index (χ0) is 18.9. The van der Waals surface area contributed by atoms with Crippen LogP contribution in [0.4, 0.5) is 10.5 Å². The van der Waals surface area contributed by atoms with E-state index in [0.29, 0.717) is 13.1 Å². The standard InChI is InChI=1S/C23H31N3O/c1-2-26-17-7-11-21-18-20(12-13-22(21)26)14-16-25-23(27)24-15-6-10-19-8-4-3-5-9-19/h3-5,8-9,12-13,18H,2,6-7,10-11,14-17H2,1H3,(H2,24,25,27). The smallest absolute Gasteiger partial charge is 0.314 e. The molecule has 2 aromatic rings. The van der Waals surface area contributed by atoms with Crippen molar-refractivity contribution in [3.63, 3.8) is 0 Å². The Morgan fingerprint density at radius 2 is 1.81 bits per heavy atom. The number of nitrogens with one attached hydrogen (secondary N) is 2. The first-order valence-corrected chi connectivity index (χ1v) is 10.2. The minimum absolute atomic E-state index is 0.0711. The lowest BCUT2D eigenvalue weighted by atomic mass is 9.98. The fourth-order valence-electron chi connectivity index (χ4n) is 3.73. The summed E-state index contributed by atoms with van der Waals surface area (Å²) in [6.07, 6.45) is 5.21. The Kier molecular flexibility index (Phi) is 7.14. The van der Waals surface area contributed by atoms with Gasteiger partial charge in [0, 0.05) is 31.9 Å². The summed E-state index contributed by atoms with van der Waals surface area (Å²) in [7, 11) is 0. The van der Waals surface area contributed by atoms with Crippen LogP contribution in [-0.2, 0) is 19.3 Å². The molecule has 0 unspecified atom stereocenters. The highest BCUT2D eigenvalue weighted by atomic mass is 16.2. The van der Waals surface area contributed by atoms with Crippen molar-refractivity contribution in [2.75, 3.05) is 31.1 Å². The molecule has 0 radical (unpaired) electrons. The van der Waals surface area contributed by atoms with Crippen molar-refractivity contribution in [3.05, 3.63) is 65.2 Å². The van der Waals surface area contributed by atoms with Gasteiger partial charge in [0.05, 0.1) is 0 Å². The molecule has 0 atom stereocenters. The average Bonchev–Trinajstić information content (AvgIpc) is 2.71. The van der Waals surface area contributed by atoms with E-state index in [4.69, 9.17) is 0 Å². The molecule has 0 spiro atoms. The molecule has 0 bridgehead atoms. The van der Waals surface area contributed by atoms with Gasteiger partial charge in [0.1, 0.15) is 0 Å². The Labute approximate surface area is 163 Å². The molecule has 4 heteroatoms. The van der Waals surface area contributed by atoms with Gasteiger partial charge in [-0.05, 0) is 61.8 Å². The topological polar surface area (TPSA) is 44.4 Å². The zero-order valence-electron chi connectivity index (χ0n) is 16.3. The molecule has 1 aliphatic heterocycles. The normalized spacial score (nSPS) is 13.1. The van der Waals surface area contributed by atoms with E-state index in [-0.39, 0.29) is 6.03 Å². The molecule has 2 amide bonds. The van der Waals surface area contributed by atoms with Crippen LogP contribution in [0.15, 0.2) is 48.5 Å². The molecule has 4 nitrogen and oxygen atoms in total.